The van der Waals surface area contributed by atoms with Gasteiger partial charge in [-0.15, -0.1) is 0 Å². The van der Waals surface area contributed by atoms with Crippen molar-refractivity contribution in [3.05, 3.63) is 89.7 Å². The van der Waals surface area contributed by atoms with Gasteiger partial charge in [0.15, 0.2) is 10.8 Å². The number of carbonyl (C=O) groups is 1. The molecule has 0 fully saturated rings. The predicted octanol–water partition coefficient (Wildman–Crippen LogP) is 2.71. The second-order valence-corrected chi connectivity index (χ2v) is 9.02. The van der Waals surface area contributed by atoms with E-state index in [0.717, 1.165) is 5.56 Å². The summed E-state index contributed by atoms with van der Waals surface area (Å²) in [7, 11) is -3.99. The van der Waals surface area contributed by atoms with Crippen LogP contribution in [0.15, 0.2) is 82.8 Å². The Kier molecular flexibility index (Phi) is 6.18. The van der Waals surface area contributed by atoms with Crippen LogP contribution in [0.1, 0.15) is 11.1 Å². The molecule has 0 saturated carbocycles. The molecule has 0 bridgehead atoms. The monoisotopic (exact) mass is 483 g/mol. The number of nitrogens with zero attached hydrogens (tertiary/aromatic N) is 2. The average molecular weight is 484 g/mol. The number of para-hydroxylation sites is 2. The standard InChI is InChI=1S/C22H18FN5O3S2/c23-16-10-6-9-15-19(21(29)28(20(15)16)13-14-7-2-1-3-8-14)26-27-22(32)25-17-11-4-5-12-18(17)33(24,30)31/h1-12H,13H2,(H2,24,30,31)(H2,25,27,32). The highest BCUT2D eigenvalue weighted by Gasteiger charge is 2.36. The molecule has 4 rings (SSSR count). The highest BCUT2D eigenvalue weighted by molar-refractivity contribution is 7.89. The fourth-order valence-electron chi connectivity index (χ4n) is 3.43. The summed E-state index contributed by atoms with van der Waals surface area (Å²) in [5.41, 5.74) is 3.92. The van der Waals surface area contributed by atoms with Crippen LogP contribution in [0.5, 0.6) is 0 Å². The van der Waals surface area contributed by atoms with Crippen LogP contribution in [0.3, 0.4) is 0 Å². The van der Waals surface area contributed by atoms with Gasteiger partial charge in [0.2, 0.25) is 10.0 Å². The topological polar surface area (TPSA) is 117 Å². The lowest BCUT2D eigenvalue weighted by molar-refractivity contribution is -0.112. The molecule has 1 heterocycles. The lowest BCUT2D eigenvalue weighted by Gasteiger charge is -2.17. The maximum atomic E-state index is 14.7. The van der Waals surface area contributed by atoms with Gasteiger partial charge in [0.05, 0.1) is 17.9 Å². The maximum Gasteiger partial charge on any atom is 0.279 e. The molecule has 0 unspecified atom stereocenters. The Morgan fingerprint density at radius 1 is 1.03 bits per heavy atom. The molecule has 1 amide bonds. The molecule has 168 valence electrons. The van der Waals surface area contributed by atoms with Gasteiger partial charge < -0.3 is 5.32 Å². The fourth-order valence-corrected chi connectivity index (χ4v) is 4.27. The van der Waals surface area contributed by atoms with Crippen molar-refractivity contribution < 1.29 is 17.6 Å². The molecule has 33 heavy (non-hydrogen) atoms. The van der Waals surface area contributed by atoms with Crippen molar-refractivity contribution >= 4 is 50.3 Å². The summed E-state index contributed by atoms with van der Waals surface area (Å²) >= 11 is 5.19. The Balaban J connectivity index is 1.59. The second-order valence-electron chi connectivity index (χ2n) is 7.08. The van der Waals surface area contributed by atoms with Gasteiger partial charge in [-0.25, -0.2) is 17.9 Å². The molecule has 0 aliphatic carbocycles. The van der Waals surface area contributed by atoms with Gasteiger partial charge in [-0.1, -0.05) is 54.6 Å². The van der Waals surface area contributed by atoms with Crippen LogP contribution in [-0.4, -0.2) is 25.1 Å². The van der Waals surface area contributed by atoms with Crippen molar-refractivity contribution in [2.24, 2.45) is 10.2 Å². The Morgan fingerprint density at radius 3 is 2.45 bits per heavy atom. The number of nitrogens with one attached hydrogen (secondary N) is 2. The van der Waals surface area contributed by atoms with Crippen LogP contribution in [0.25, 0.3) is 0 Å². The summed E-state index contributed by atoms with van der Waals surface area (Å²) < 4.78 is 38.2. The minimum absolute atomic E-state index is 0.0238. The molecule has 1 aliphatic heterocycles. The van der Waals surface area contributed by atoms with Gasteiger partial charge in [-0.2, -0.15) is 5.10 Å². The molecule has 3 aromatic carbocycles. The van der Waals surface area contributed by atoms with Crippen molar-refractivity contribution in [2.75, 3.05) is 10.2 Å². The van der Waals surface area contributed by atoms with Gasteiger partial charge in [0.25, 0.3) is 5.91 Å². The number of carbonyl (C=O) groups excluding carboxylic acids is 1. The number of nitrogens with two attached hydrogens (primary N) is 1. The zero-order chi connectivity index (χ0) is 23.6. The summed E-state index contributed by atoms with van der Waals surface area (Å²) in [5, 5.41) is 11.9. The lowest BCUT2D eigenvalue weighted by atomic mass is 10.1. The maximum absolute atomic E-state index is 14.7. The number of fused-ring (bicyclic) bond motifs is 1. The van der Waals surface area contributed by atoms with E-state index < -0.39 is 21.7 Å². The normalized spacial score (nSPS) is 14.3. The summed E-state index contributed by atoms with van der Waals surface area (Å²) in [6.07, 6.45) is 0. The first-order valence-corrected chi connectivity index (χ1v) is 11.6. The second kappa shape index (κ2) is 9.06. The Bertz CT molecular complexity index is 1380. The Labute approximate surface area is 195 Å². The van der Waals surface area contributed by atoms with Crippen molar-refractivity contribution in [3.8, 4) is 0 Å². The lowest BCUT2D eigenvalue weighted by Crippen LogP contribution is -2.32. The minimum Gasteiger partial charge on any atom is -0.330 e. The minimum atomic E-state index is -3.99. The first kappa shape index (κ1) is 22.5. The van der Waals surface area contributed by atoms with Crippen molar-refractivity contribution in [3.63, 3.8) is 0 Å². The molecule has 11 heteroatoms. The van der Waals surface area contributed by atoms with Crippen molar-refractivity contribution in [2.45, 2.75) is 11.4 Å². The Morgan fingerprint density at radius 2 is 1.73 bits per heavy atom. The third-order valence-electron chi connectivity index (χ3n) is 4.85. The first-order chi connectivity index (χ1) is 15.8. The summed E-state index contributed by atoms with van der Waals surface area (Å²) in [5.74, 6) is -1.05. The zero-order valence-electron chi connectivity index (χ0n) is 17.0. The predicted molar refractivity (Wildman–Crippen MR) is 128 cm³/mol. The van der Waals surface area contributed by atoms with E-state index in [9.17, 15) is 17.6 Å². The number of rotatable bonds is 5. The van der Waals surface area contributed by atoms with E-state index in [-0.39, 0.29) is 33.6 Å². The molecular weight excluding hydrogens is 465 g/mol. The third kappa shape index (κ3) is 4.75. The van der Waals surface area contributed by atoms with Crippen LogP contribution >= 0.6 is 12.2 Å². The number of amides is 1. The van der Waals surface area contributed by atoms with Crippen molar-refractivity contribution in [1.29, 1.82) is 0 Å². The van der Waals surface area contributed by atoms with Gasteiger partial charge in [0.1, 0.15) is 10.7 Å². The molecule has 0 saturated heterocycles. The Hall–Kier alpha value is -3.67. The molecule has 0 radical (unpaired) electrons. The zero-order valence-corrected chi connectivity index (χ0v) is 18.7. The number of anilines is 2. The summed E-state index contributed by atoms with van der Waals surface area (Å²) in [6, 6.07) is 19.5. The largest absolute Gasteiger partial charge is 0.330 e. The molecular formula is C22H18FN5O3S2. The van der Waals surface area contributed by atoms with Gasteiger partial charge in [-0.3, -0.25) is 15.1 Å². The van der Waals surface area contributed by atoms with Crippen LogP contribution in [-0.2, 0) is 21.4 Å². The van der Waals surface area contributed by atoms with Gasteiger partial charge in [-0.05, 0) is 36.0 Å². The highest BCUT2D eigenvalue weighted by Crippen LogP contribution is 2.33. The first-order valence-electron chi connectivity index (χ1n) is 9.67. The van der Waals surface area contributed by atoms with Crippen LogP contribution < -0.4 is 20.8 Å². The SMILES string of the molecule is NS(=O)(=O)c1ccccc1NC(=S)NN=C1C(=O)N(Cc2ccccc2)c2c(F)cccc21. The molecule has 0 aromatic heterocycles. The molecule has 0 atom stereocenters. The number of sulfonamides is 1. The number of hydrazone groups is 1. The summed E-state index contributed by atoms with van der Waals surface area (Å²) in [6.45, 7) is 0.164. The van der Waals surface area contributed by atoms with E-state index in [0.29, 0.717) is 5.56 Å². The van der Waals surface area contributed by atoms with Crippen LogP contribution in [0, 0.1) is 5.82 Å². The average Bonchev–Trinajstić information content (AvgIpc) is 3.04. The van der Waals surface area contributed by atoms with E-state index in [1.165, 1.54) is 35.2 Å². The van der Waals surface area contributed by atoms with E-state index in [2.05, 4.69) is 15.8 Å². The summed E-state index contributed by atoms with van der Waals surface area (Å²) in [4.78, 5) is 14.3. The quantitative estimate of drug-likeness (QED) is 0.380. The van der Waals surface area contributed by atoms with Crippen LogP contribution in [0.2, 0.25) is 0 Å². The highest BCUT2D eigenvalue weighted by atomic mass is 32.2. The number of thiocarbonyl (C=S) groups is 1. The molecule has 8 nitrogen and oxygen atoms in total. The number of primary sulfonamides is 1. The van der Waals surface area contributed by atoms with E-state index >= 15 is 0 Å². The van der Waals surface area contributed by atoms with Gasteiger partial charge >= 0.3 is 0 Å². The molecule has 4 N–H and O–H groups in total. The fraction of sp³-hybridized carbons (Fsp3) is 0.0455. The van der Waals surface area contributed by atoms with E-state index in [1.54, 1.807) is 12.1 Å². The number of hydrogen-bond donors (Lipinski definition) is 3. The van der Waals surface area contributed by atoms with Crippen molar-refractivity contribution in [1.82, 2.24) is 5.43 Å². The molecule has 3 aromatic rings. The smallest absolute Gasteiger partial charge is 0.279 e. The molecule has 1 aliphatic rings. The number of benzene rings is 3. The van der Waals surface area contributed by atoms with Crippen LogP contribution in [0.4, 0.5) is 15.8 Å². The third-order valence-corrected chi connectivity index (χ3v) is 6.02. The number of halogens is 1. The van der Waals surface area contributed by atoms with E-state index in [1.807, 2.05) is 30.3 Å². The van der Waals surface area contributed by atoms with Gasteiger partial charge in [0, 0.05) is 5.56 Å². The van der Waals surface area contributed by atoms with E-state index in [4.69, 9.17) is 17.4 Å². The number of hydrogen-bond acceptors (Lipinski definition) is 5. The molecule has 0 spiro atoms.